The number of para-hydroxylation sites is 1. The minimum atomic E-state index is -0.212. The van der Waals surface area contributed by atoms with Crippen molar-refractivity contribution >= 4 is 17.5 Å². The van der Waals surface area contributed by atoms with Gasteiger partial charge in [0.2, 0.25) is 5.91 Å². The Hall–Kier alpha value is -2.63. The fourth-order valence-electron chi connectivity index (χ4n) is 3.34. The van der Waals surface area contributed by atoms with Gasteiger partial charge in [0.1, 0.15) is 5.56 Å². The topological polar surface area (TPSA) is 75.4 Å². The second-order valence-electron chi connectivity index (χ2n) is 7.11. The largest absolute Gasteiger partial charge is 0.360 e. The number of aromatic nitrogens is 1. The lowest BCUT2D eigenvalue weighted by Gasteiger charge is -2.32. The molecule has 1 saturated heterocycles. The summed E-state index contributed by atoms with van der Waals surface area (Å²) in [7, 11) is 0. The van der Waals surface area contributed by atoms with E-state index in [1.165, 1.54) is 0 Å². The number of hydrogen-bond acceptors (Lipinski definition) is 4. The van der Waals surface area contributed by atoms with Crippen molar-refractivity contribution in [2.45, 2.75) is 39.5 Å². The Balaban J connectivity index is 1.71. The van der Waals surface area contributed by atoms with Gasteiger partial charge >= 0.3 is 0 Å². The molecule has 3 rings (SSSR count). The van der Waals surface area contributed by atoms with Crippen LogP contribution in [0.2, 0.25) is 0 Å². The predicted molar refractivity (Wildman–Crippen MR) is 99.0 cm³/mol. The van der Waals surface area contributed by atoms with Gasteiger partial charge in [-0.3, -0.25) is 9.59 Å². The second-order valence-corrected chi connectivity index (χ2v) is 7.11. The first kappa shape index (κ1) is 18.2. The molecule has 1 aliphatic rings. The standard InChI is InChI=1S/C20H25N3O3/c1-13(2)18-17(14(3)22-26-18)20(25)23-11-7-8-15(12-23)19(24)21-16-9-5-4-6-10-16/h4-6,9-10,13,15H,7-8,11-12H2,1-3H3,(H,21,24). The van der Waals surface area contributed by atoms with Crippen molar-refractivity contribution in [1.29, 1.82) is 0 Å². The number of piperidine rings is 1. The third kappa shape index (κ3) is 3.79. The molecule has 1 N–H and O–H groups in total. The highest BCUT2D eigenvalue weighted by Gasteiger charge is 2.32. The maximum atomic E-state index is 13.0. The van der Waals surface area contributed by atoms with Crippen LogP contribution in [-0.4, -0.2) is 35.0 Å². The zero-order chi connectivity index (χ0) is 18.7. The fraction of sp³-hybridized carbons (Fsp3) is 0.450. The molecule has 0 bridgehead atoms. The quantitative estimate of drug-likeness (QED) is 0.909. The fourth-order valence-corrected chi connectivity index (χ4v) is 3.34. The highest BCUT2D eigenvalue weighted by molar-refractivity contribution is 5.97. The van der Waals surface area contributed by atoms with E-state index < -0.39 is 0 Å². The molecule has 1 aliphatic heterocycles. The maximum absolute atomic E-state index is 13.0. The van der Waals surface area contributed by atoms with E-state index in [-0.39, 0.29) is 23.7 Å². The van der Waals surface area contributed by atoms with Gasteiger partial charge in [0, 0.05) is 24.7 Å². The van der Waals surface area contributed by atoms with E-state index in [0.29, 0.717) is 30.1 Å². The Morgan fingerprint density at radius 1 is 1.27 bits per heavy atom. The summed E-state index contributed by atoms with van der Waals surface area (Å²) in [5.41, 5.74) is 1.93. The number of benzene rings is 1. The minimum Gasteiger partial charge on any atom is -0.360 e. The zero-order valence-electron chi connectivity index (χ0n) is 15.5. The number of amides is 2. The normalized spacial score (nSPS) is 17.4. The van der Waals surface area contributed by atoms with Crippen LogP contribution >= 0.6 is 0 Å². The minimum absolute atomic E-state index is 0.0418. The summed E-state index contributed by atoms with van der Waals surface area (Å²) in [6.07, 6.45) is 1.59. The van der Waals surface area contributed by atoms with Crippen LogP contribution in [0, 0.1) is 12.8 Å². The van der Waals surface area contributed by atoms with E-state index in [1.54, 1.807) is 11.8 Å². The molecular formula is C20H25N3O3. The molecule has 0 radical (unpaired) electrons. The summed E-state index contributed by atoms with van der Waals surface area (Å²) in [6, 6.07) is 9.39. The maximum Gasteiger partial charge on any atom is 0.259 e. The van der Waals surface area contributed by atoms with E-state index in [4.69, 9.17) is 4.52 Å². The van der Waals surface area contributed by atoms with Crippen molar-refractivity contribution in [3.8, 4) is 0 Å². The van der Waals surface area contributed by atoms with Crippen LogP contribution < -0.4 is 5.32 Å². The third-order valence-corrected chi connectivity index (χ3v) is 4.75. The summed E-state index contributed by atoms with van der Waals surface area (Å²) >= 11 is 0. The van der Waals surface area contributed by atoms with E-state index in [0.717, 1.165) is 18.5 Å². The number of likely N-dealkylation sites (tertiary alicyclic amines) is 1. The molecule has 1 aromatic heterocycles. The summed E-state index contributed by atoms with van der Waals surface area (Å²) < 4.78 is 5.35. The molecule has 6 nitrogen and oxygen atoms in total. The highest BCUT2D eigenvalue weighted by Crippen LogP contribution is 2.26. The Morgan fingerprint density at radius 3 is 2.69 bits per heavy atom. The Morgan fingerprint density at radius 2 is 2.00 bits per heavy atom. The lowest BCUT2D eigenvalue weighted by atomic mass is 9.95. The summed E-state index contributed by atoms with van der Waals surface area (Å²) in [5, 5.41) is 6.90. The third-order valence-electron chi connectivity index (χ3n) is 4.75. The molecule has 26 heavy (non-hydrogen) atoms. The van der Waals surface area contributed by atoms with Crippen LogP contribution in [0.5, 0.6) is 0 Å². The van der Waals surface area contributed by atoms with Crippen molar-refractivity contribution in [3.63, 3.8) is 0 Å². The number of aryl methyl sites for hydroxylation is 1. The monoisotopic (exact) mass is 355 g/mol. The van der Waals surface area contributed by atoms with Crippen molar-refractivity contribution < 1.29 is 14.1 Å². The van der Waals surface area contributed by atoms with Gasteiger partial charge in [-0.15, -0.1) is 0 Å². The van der Waals surface area contributed by atoms with Crippen molar-refractivity contribution in [3.05, 3.63) is 47.3 Å². The molecule has 0 saturated carbocycles. The molecule has 1 atom stereocenters. The molecule has 1 fully saturated rings. The van der Waals surface area contributed by atoms with Crippen LogP contribution in [0.3, 0.4) is 0 Å². The molecule has 138 valence electrons. The summed E-state index contributed by atoms with van der Waals surface area (Å²) in [4.78, 5) is 27.4. The van der Waals surface area contributed by atoms with Gasteiger partial charge in [-0.1, -0.05) is 37.2 Å². The molecule has 2 heterocycles. The average Bonchev–Trinajstić information content (AvgIpc) is 3.04. The van der Waals surface area contributed by atoms with Gasteiger partial charge < -0.3 is 14.7 Å². The molecule has 6 heteroatoms. The summed E-state index contributed by atoms with van der Waals surface area (Å²) in [5.74, 6) is 0.348. The molecule has 0 aliphatic carbocycles. The second kappa shape index (κ2) is 7.72. The number of nitrogens with zero attached hydrogens (tertiary/aromatic N) is 2. The SMILES string of the molecule is Cc1noc(C(C)C)c1C(=O)N1CCCC(C(=O)Nc2ccccc2)C1. The predicted octanol–water partition coefficient (Wildman–Crippen LogP) is 3.60. The first-order valence-corrected chi connectivity index (χ1v) is 9.08. The highest BCUT2D eigenvalue weighted by atomic mass is 16.5. The first-order chi connectivity index (χ1) is 12.5. The van der Waals surface area contributed by atoms with E-state index in [9.17, 15) is 9.59 Å². The van der Waals surface area contributed by atoms with Gasteiger partial charge in [-0.05, 0) is 31.9 Å². The number of carbonyl (C=O) groups is 2. The van der Waals surface area contributed by atoms with Crippen LogP contribution in [0.4, 0.5) is 5.69 Å². The molecular weight excluding hydrogens is 330 g/mol. The van der Waals surface area contributed by atoms with Crippen LogP contribution in [0.25, 0.3) is 0 Å². The Labute approximate surface area is 153 Å². The van der Waals surface area contributed by atoms with Gasteiger partial charge in [-0.25, -0.2) is 0 Å². The zero-order valence-corrected chi connectivity index (χ0v) is 15.5. The Kier molecular flexibility index (Phi) is 5.40. The smallest absolute Gasteiger partial charge is 0.259 e. The first-order valence-electron chi connectivity index (χ1n) is 9.08. The van der Waals surface area contributed by atoms with Gasteiger partial charge in [0.25, 0.3) is 5.91 Å². The van der Waals surface area contributed by atoms with Crippen molar-refractivity contribution in [2.75, 3.05) is 18.4 Å². The van der Waals surface area contributed by atoms with Crippen LogP contribution in [0.15, 0.2) is 34.9 Å². The average molecular weight is 355 g/mol. The van der Waals surface area contributed by atoms with Crippen molar-refractivity contribution in [1.82, 2.24) is 10.1 Å². The van der Waals surface area contributed by atoms with E-state index in [1.807, 2.05) is 44.2 Å². The lowest BCUT2D eigenvalue weighted by Crippen LogP contribution is -2.44. The van der Waals surface area contributed by atoms with Gasteiger partial charge in [-0.2, -0.15) is 0 Å². The number of rotatable bonds is 4. The van der Waals surface area contributed by atoms with Crippen LogP contribution in [-0.2, 0) is 4.79 Å². The van der Waals surface area contributed by atoms with Crippen LogP contribution in [0.1, 0.15) is 54.4 Å². The molecule has 2 aromatic rings. The van der Waals surface area contributed by atoms with Gasteiger partial charge in [0.15, 0.2) is 5.76 Å². The molecule has 0 spiro atoms. The van der Waals surface area contributed by atoms with E-state index in [2.05, 4.69) is 10.5 Å². The molecule has 2 amide bonds. The number of anilines is 1. The molecule has 1 unspecified atom stereocenters. The van der Waals surface area contributed by atoms with Gasteiger partial charge in [0.05, 0.1) is 11.6 Å². The van der Waals surface area contributed by atoms with Crippen molar-refractivity contribution in [2.24, 2.45) is 5.92 Å². The molecule has 1 aromatic carbocycles. The Bertz CT molecular complexity index is 783. The lowest BCUT2D eigenvalue weighted by molar-refractivity contribution is -0.121. The number of hydrogen-bond donors (Lipinski definition) is 1. The van der Waals surface area contributed by atoms with E-state index >= 15 is 0 Å². The number of carbonyl (C=O) groups excluding carboxylic acids is 2. The number of nitrogens with one attached hydrogen (secondary N) is 1. The summed E-state index contributed by atoms with van der Waals surface area (Å²) in [6.45, 7) is 6.80.